The second-order valence-electron chi connectivity index (χ2n) is 20.5. The minimum Gasteiger partial charge on any atom is -0.309 e. The van der Waals surface area contributed by atoms with Crippen molar-refractivity contribution in [3.8, 4) is 66.8 Å². The Hall–Kier alpha value is -8.00. The van der Waals surface area contributed by atoms with Crippen LogP contribution < -0.4 is 4.90 Å². The fourth-order valence-corrected chi connectivity index (χ4v) is 12.8. The molecule has 3 aliphatic carbocycles. The molecule has 0 N–H and O–H groups in total. The molecule has 330 valence electrons. The highest BCUT2D eigenvalue weighted by molar-refractivity contribution is 6.00. The zero-order chi connectivity index (χ0) is 46.6. The van der Waals surface area contributed by atoms with E-state index in [1.165, 1.54) is 106 Å². The van der Waals surface area contributed by atoms with E-state index in [4.69, 9.17) is 0 Å². The van der Waals surface area contributed by atoms with Crippen LogP contribution in [0.15, 0.2) is 231 Å². The van der Waals surface area contributed by atoms with E-state index in [0.29, 0.717) is 0 Å². The molecule has 0 spiro atoms. The van der Waals surface area contributed by atoms with Gasteiger partial charge in [-0.1, -0.05) is 228 Å². The van der Waals surface area contributed by atoms with Crippen LogP contribution in [0, 0.1) is 0 Å². The van der Waals surface area contributed by atoms with E-state index in [1.807, 2.05) is 0 Å². The summed E-state index contributed by atoms with van der Waals surface area (Å²) in [6, 6.07) is 86.4. The molecule has 1 atom stereocenters. The molecule has 0 heterocycles. The maximum atomic E-state index is 2.54. The van der Waals surface area contributed by atoms with E-state index in [-0.39, 0.29) is 16.2 Å². The van der Waals surface area contributed by atoms with Crippen LogP contribution in [0.2, 0.25) is 0 Å². The van der Waals surface area contributed by atoms with Gasteiger partial charge in [0.2, 0.25) is 0 Å². The first-order valence-corrected chi connectivity index (χ1v) is 24.5. The second-order valence-corrected chi connectivity index (χ2v) is 20.5. The highest BCUT2D eigenvalue weighted by atomic mass is 15.1. The normalized spacial score (nSPS) is 16.2. The summed E-state index contributed by atoms with van der Waals surface area (Å²) in [5.41, 5.74) is 27.6. The van der Waals surface area contributed by atoms with Crippen molar-refractivity contribution < 1.29 is 0 Å². The lowest BCUT2D eigenvalue weighted by Gasteiger charge is -2.32. The Bertz CT molecular complexity index is 3680. The maximum Gasteiger partial charge on any atom is 0.0543 e. The molecule has 10 aromatic carbocycles. The average molecular weight is 884 g/mol. The van der Waals surface area contributed by atoms with Gasteiger partial charge < -0.3 is 4.90 Å². The van der Waals surface area contributed by atoms with Gasteiger partial charge in [-0.25, -0.2) is 0 Å². The predicted octanol–water partition coefficient (Wildman–Crippen LogP) is 18.1. The second kappa shape index (κ2) is 15.3. The fourth-order valence-electron chi connectivity index (χ4n) is 12.8. The Labute approximate surface area is 407 Å². The lowest BCUT2D eigenvalue weighted by Crippen LogP contribution is -2.22. The van der Waals surface area contributed by atoms with Crippen molar-refractivity contribution in [1.29, 1.82) is 0 Å². The molecule has 0 fully saturated rings. The van der Waals surface area contributed by atoms with Crippen molar-refractivity contribution in [3.05, 3.63) is 269 Å². The summed E-state index contributed by atoms with van der Waals surface area (Å²) in [6.07, 6.45) is 0. The standard InChI is InChI=1S/C68H53N/c1-66(2)57-31-15-11-26-51(57)53-42-39-45(43-61(53)66)49-24-14-18-35-62(49)69(63-36-20-34-60-64(63)56-28-13-17-33-59(56)68(60,5)46-21-7-6-8-22-46)47-40-37-44(38-41-47)48-23-9-10-25-50(48)54-29-19-30-55-52-27-12-16-32-58(52)67(3,4)65(54)55/h6-43H,1-5H3. The first kappa shape index (κ1) is 41.2. The molecule has 0 amide bonds. The minimum absolute atomic E-state index is 0.117. The molecule has 0 radical (unpaired) electrons. The highest BCUT2D eigenvalue weighted by Gasteiger charge is 2.43. The summed E-state index contributed by atoms with van der Waals surface area (Å²) in [7, 11) is 0. The molecule has 69 heavy (non-hydrogen) atoms. The minimum atomic E-state index is -0.337. The van der Waals surface area contributed by atoms with Crippen molar-refractivity contribution in [2.45, 2.75) is 50.9 Å². The van der Waals surface area contributed by atoms with E-state index in [9.17, 15) is 0 Å². The Kier molecular flexibility index (Phi) is 9.11. The molecule has 3 aliphatic rings. The maximum absolute atomic E-state index is 2.54. The van der Waals surface area contributed by atoms with Crippen LogP contribution in [0.4, 0.5) is 17.1 Å². The zero-order valence-corrected chi connectivity index (χ0v) is 39.9. The number of benzene rings is 10. The first-order chi connectivity index (χ1) is 33.7. The molecule has 1 heteroatoms. The molecule has 0 saturated carbocycles. The van der Waals surface area contributed by atoms with Gasteiger partial charge in [-0.15, -0.1) is 0 Å². The van der Waals surface area contributed by atoms with E-state index >= 15 is 0 Å². The van der Waals surface area contributed by atoms with Crippen LogP contribution in [0.1, 0.15) is 73.6 Å². The average Bonchev–Trinajstić information content (AvgIpc) is 3.91. The zero-order valence-electron chi connectivity index (χ0n) is 39.9. The number of fused-ring (bicyclic) bond motifs is 9. The molecular formula is C68H53N. The summed E-state index contributed by atoms with van der Waals surface area (Å²) < 4.78 is 0. The van der Waals surface area contributed by atoms with Gasteiger partial charge in [-0.05, 0) is 132 Å². The van der Waals surface area contributed by atoms with Crippen LogP contribution >= 0.6 is 0 Å². The van der Waals surface area contributed by atoms with Crippen molar-refractivity contribution in [2.75, 3.05) is 4.90 Å². The molecule has 0 saturated heterocycles. The van der Waals surface area contributed by atoms with Crippen LogP contribution in [0.3, 0.4) is 0 Å². The number of hydrogen-bond acceptors (Lipinski definition) is 1. The van der Waals surface area contributed by atoms with Crippen molar-refractivity contribution in [1.82, 2.24) is 0 Å². The third kappa shape index (κ3) is 5.96. The number of hydrogen-bond donors (Lipinski definition) is 0. The first-order valence-electron chi connectivity index (χ1n) is 24.5. The third-order valence-corrected chi connectivity index (χ3v) is 16.2. The lowest BCUT2D eigenvalue weighted by molar-refractivity contribution is 0.660. The molecule has 0 bridgehead atoms. The van der Waals surface area contributed by atoms with Crippen LogP contribution in [-0.2, 0) is 16.2 Å². The van der Waals surface area contributed by atoms with Crippen molar-refractivity contribution in [2.24, 2.45) is 0 Å². The molecule has 13 rings (SSSR count). The third-order valence-electron chi connectivity index (χ3n) is 16.2. The van der Waals surface area contributed by atoms with E-state index in [1.54, 1.807) is 0 Å². The molecule has 0 aromatic heterocycles. The SMILES string of the molecule is CC1(C)c2ccccc2-c2ccc(-c3ccccc3N(c3ccc(-c4ccccc4-c4cccc5c4C(C)(C)c4ccccc4-5)cc3)c3cccc4c3-c3ccccc3C4(C)c3ccccc3)cc21. The summed E-state index contributed by atoms with van der Waals surface area (Å²) in [4.78, 5) is 2.54. The highest BCUT2D eigenvalue weighted by Crippen LogP contribution is 2.58. The molecular weight excluding hydrogens is 831 g/mol. The van der Waals surface area contributed by atoms with Gasteiger partial charge in [0.05, 0.1) is 11.4 Å². The van der Waals surface area contributed by atoms with E-state index in [0.717, 1.165) is 17.1 Å². The monoisotopic (exact) mass is 883 g/mol. The van der Waals surface area contributed by atoms with Gasteiger partial charge in [-0.2, -0.15) is 0 Å². The van der Waals surface area contributed by atoms with E-state index in [2.05, 4.69) is 270 Å². The summed E-state index contributed by atoms with van der Waals surface area (Å²) in [5.74, 6) is 0. The molecule has 10 aromatic rings. The lowest BCUT2D eigenvalue weighted by atomic mass is 9.74. The Morgan fingerprint density at radius 1 is 0.290 bits per heavy atom. The van der Waals surface area contributed by atoms with Crippen molar-refractivity contribution in [3.63, 3.8) is 0 Å². The van der Waals surface area contributed by atoms with E-state index < -0.39 is 0 Å². The topological polar surface area (TPSA) is 3.24 Å². The Morgan fingerprint density at radius 3 is 1.49 bits per heavy atom. The fraction of sp³-hybridized carbons (Fsp3) is 0.118. The van der Waals surface area contributed by atoms with Gasteiger partial charge in [0, 0.05) is 33.1 Å². The van der Waals surface area contributed by atoms with Gasteiger partial charge in [-0.3, -0.25) is 0 Å². The van der Waals surface area contributed by atoms with Gasteiger partial charge in [0.25, 0.3) is 0 Å². The van der Waals surface area contributed by atoms with Crippen LogP contribution in [-0.4, -0.2) is 0 Å². The summed E-state index contributed by atoms with van der Waals surface area (Å²) in [5, 5.41) is 0. The van der Waals surface area contributed by atoms with Gasteiger partial charge >= 0.3 is 0 Å². The number of para-hydroxylation sites is 1. The Morgan fingerprint density at radius 2 is 0.768 bits per heavy atom. The van der Waals surface area contributed by atoms with Gasteiger partial charge in [0.1, 0.15) is 0 Å². The molecule has 1 unspecified atom stereocenters. The van der Waals surface area contributed by atoms with Gasteiger partial charge in [0.15, 0.2) is 0 Å². The summed E-state index contributed by atoms with van der Waals surface area (Å²) >= 11 is 0. The molecule has 0 aliphatic heterocycles. The Balaban J connectivity index is 1.000. The number of rotatable bonds is 7. The smallest absolute Gasteiger partial charge is 0.0543 e. The summed E-state index contributed by atoms with van der Waals surface area (Å²) in [6.45, 7) is 11.9. The predicted molar refractivity (Wildman–Crippen MR) is 290 cm³/mol. The van der Waals surface area contributed by atoms with Crippen LogP contribution in [0.5, 0.6) is 0 Å². The number of anilines is 3. The van der Waals surface area contributed by atoms with Crippen LogP contribution in [0.25, 0.3) is 66.8 Å². The van der Waals surface area contributed by atoms with Crippen molar-refractivity contribution >= 4 is 17.1 Å². The molecule has 1 nitrogen and oxygen atoms in total. The number of nitrogens with zero attached hydrogens (tertiary/aromatic N) is 1. The largest absolute Gasteiger partial charge is 0.309 e. The quantitative estimate of drug-likeness (QED) is 0.154.